The van der Waals surface area contributed by atoms with Crippen molar-refractivity contribution in [1.82, 2.24) is 4.98 Å². The molecule has 0 aliphatic rings. The van der Waals surface area contributed by atoms with E-state index in [2.05, 4.69) is 4.98 Å². The van der Waals surface area contributed by atoms with Crippen LogP contribution in [0.4, 0.5) is 5.69 Å². The normalized spacial score (nSPS) is 12.2. The van der Waals surface area contributed by atoms with Gasteiger partial charge in [0.15, 0.2) is 0 Å². The summed E-state index contributed by atoms with van der Waals surface area (Å²) in [7, 11) is 3.15. The molecule has 0 saturated carbocycles. The minimum Gasteiger partial charge on any atom is -0.370 e. The average molecular weight is 209 g/mol. The molecule has 0 spiro atoms. The molecule has 1 unspecified atom stereocenters. The van der Waals surface area contributed by atoms with Gasteiger partial charge in [-0.15, -0.1) is 0 Å². The summed E-state index contributed by atoms with van der Waals surface area (Å²) in [6, 6.07) is 3.50. The molecule has 15 heavy (non-hydrogen) atoms. The summed E-state index contributed by atoms with van der Waals surface area (Å²) in [5.41, 5.74) is 6.18. The molecule has 0 aliphatic heterocycles. The van der Waals surface area contributed by atoms with Crippen molar-refractivity contribution in [1.29, 1.82) is 0 Å². The molecule has 0 fully saturated rings. The molecule has 0 bridgehead atoms. The van der Waals surface area contributed by atoms with Crippen LogP contribution >= 0.6 is 0 Å². The lowest BCUT2D eigenvalue weighted by Crippen LogP contribution is -2.41. The summed E-state index contributed by atoms with van der Waals surface area (Å²) < 4.78 is 4.97. The molecular weight excluding hydrogens is 194 g/mol. The smallest absolute Gasteiger partial charge is 0.257 e. The number of carbonyl (C=O) groups is 1. The molecule has 1 aromatic rings. The van der Waals surface area contributed by atoms with Crippen molar-refractivity contribution in [3.63, 3.8) is 0 Å². The highest BCUT2D eigenvalue weighted by Crippen LogP contribution is 2.11. The first-order valence-corrected chi connectivity index (χ1v) is 4.61. The topological polar surface area (TPSA) is 68.5 Å². The molecule has 0 aromatic carbocycles. The molecule has 0 saturated heterocycles. The Morgan fingerprint density at radius 3 is 2.67 bits per heavy atom. The molecule has 1 atom stereocenters. The number of nitrogens with two attached hydrogens (primary N) is 1. The van der Waals surface area contributed by atoms with Gasteiger partial charge in [-0.25, -0.2) is 0 Å². The second-order valence-corrected chi connectivity index (χ2v) is 3.06. The largest absolute Gasteiger partial charge is 0.370 e. The Morgan fingerprint density at radius 2 is 2.20 bits per heavy atom. The Hall–Kier alpha value is -1.46. The summed E-state index contributed by atoms with van der Waals surface area (Å²) in [5, 5.41) is 0. The number of nitrogens with zero attached hydrogens (tertiary/aromatic N) is 2. The van der Waals surface area contributed by atoms with Crippen molar-refractivity contribution in [3.8, 4) is 0 Å². The summed E-state index contributed by atoms with van der Waals surface area (Å²) in [5.74, 6) is -0.161. The number of aromatic nitrogens is 1. The number of carbonyl (C=O) groups excluding carboxylic acids is 1. The van der Waals surface area contributed by atoms with Crippen molar-refractivity contribution in [2.24, 2.45) is 5.73 Å². The lowest BCUT2D eigenvalue weighted by atomic mass is 10.3. The zero-order chi connectivity index (χ0) is 11.3. The number of likely N-dealkylation sites (N-methyl/N-ethyl adjacent to an activating group) is 1. The first kappa shape index (κ1) is 11.6. The molecule has 5 heteroatoms. The minimum atomic E-state index is -0.594. The average Bonchev–Trinajstić information content (AvgIpc) is 2.30. The molecule has 1 rings (SSSR count). The maximum Gasteiger partial charge on any atom is 0.257 e. The van der Waals surface area contributed by atoms with E-state index in [1.54, 1.807) is 31.6 Å². The fraction of sp³-hybridized carbons (Fsp3) is 0.400. The Morgan fingerprint density at radius 1 is 1.60 bits per heavy atom. The molecule has 82 valence electrons. The van der Waals surface area contributed by atoms with Gasteiger partial charge < -0.3 is 15.4 Å². The number of amides is 1. The fourth-order valence-corrected chi connectivity index (χ4v) is 1.21. The molecule has 0 radical (unpaired) electrons. The Bertz CT molecular complexity index is 312. The number of methoxy groups -OCH3 is 1. The number of hydrogen-bond acceptors (Lipinski definition) is 4. The fourth-order valence-electron chi connectivity index (χ4n) is 1.21. The van der Waals surface area contributed by atoms with Crippen LogP contribution in [0.3, 0.4) is 0 Å². The minimum absolute atomic E-state index is 0.161. The van der Waals surface area contributed by atoms with Gasteiger partial charge in [-0.1, -0.05) is 0 Å². The molecular formula is C10H15N3O2. The summed E-state index contributed by atoms with van der Waals surface area (Å²) in [6.07, 6.45) is 2.66. The van der Waals surface area contributed by atoms with E-state index in [1.165, 1.54) is 12.0 Å². The first-order chi connectivity index (χ1) is 7.20. The quantitative estimate of drug-likeness (QED) is 0.759. The maximum absolute atomic E-state index is 11.8. The van der Waals surface area contributed by atoms with Crippen LogP contribution in [0, 0.1) is 0 Å². The van der Waals surface area contributed by atoms with E-state index in [-0.39, 0.29) is 12.5 Å². The highest BCUT2D eigenvalue weighted by atomic mass is 16.5. The second kappa shape index (κ2) is 5.43. The number of ether oxygens (including phenoxy) is 1. The van der Waals surface area contributed by atoms with Gasteiger partial charge in [0.05, 0.1) is 0 Å². The van der Waals surface area contributed by atoms with Gasteiger partial charge in [0.2, 0.25) is 0 Å². The van der Waals surface area contributed by atoms with Gasteiger partial charge in [-0.05, 0) is 12.1 Å². The van der Waals surface area contributed by atoms with Crippen LogP contribution in [-0.2, 0) is 9.53 Å². The summed E-state index contributed by atoms with van der Waals surface area (Å²) in [6.45, 7) is 0.171. The molecule has 1 aromatic heterocycles. The van der Waals surface area contributed by atoms with Crippen LogP contribution < -0.4 is 10.6 Å². The Kier molecular flexibility index (Phi) is 4.20. The van der Waals surface area contributed by atoms with E-state index in [0.29, 0.717) is 0 Å². The van der Waals surface area contributed by atoms with Crippen LogP contribution in [0.25, 0.3) is 0 Å². The molecule has 5 nitrogen and oxygen atoms in total. The predicted molar refractivity (Wildman–Crippen MR) is 57.5 cm³/mol. The van der Waals surface area contributed by atoms with Crippen molar-refractivity contribution < 1.29 is 9.53 Å². The van der Waals surface area contributed by atoms with Crippen LogP contribution in [0.5, 0.6) is 0 Å². The Labute approximate surface area is 88.9 Å². The van der Waals surface area contributed by atoms with Crippen molar-refractivity contribution in [3.05, 3.63) is 24.5 Å². The van der Waals surface area contributed by atoms with E-state index >= 15 is 0 Å². The van der Waals surface area contributed by atoms with Crippen molar-refractivity contribution >= 4 is 11.6 Å². The number of anilines is 1. The van der Waals surface area contributed by atoms with E-state index in [1.807, 2.05) is 0 Å². The van der Waals surface area contributed by atoms with E-state index < -0.39 is 6.10 Å². The van der Waals surface area contributed by atoms with Gasteiger partial charge in [0.1, 0.15) is 6.10 Å². The van der Waals surface area contributed by atoms with Gasteiger partial charge in [0, 0.05) is 38.8 Å². The van der Waals surface area contributed by atoms with Crippen molar-refractivity contribution in [2.45, 2.75) is 6.10 Å². The molecule has 1 amide bonds. The highest BCUT2D eigenvalue weighted by Gasteiger charge is 2.20. The summed E-state index contributed by atoms with van der Waals surface area (Å²) in [4.78, 5) is 17.2. The third kappa shape index (κ3) is 2.74. The van der Waals surface area contributed by atoms with Crippen LogP contribution in [0.1, 0.15) is 0 Å². The standard InChI is InChI=1S/C10H15N3O2/c1-13(8-3-5-12-6-4-8)10(14)9(7-11)15-2/h3-6,9H,7,11H2,1-2H3. The van der Waals surface area contributed by atoms with Crippen LogP contribution in [0.15, 0.2) is 24.5 Å². The highest BCUT2D eigenvalue weighted by molar-refractivity contribution is 5.96. The Balaban J connectivity index is 2.76. The van der Waals surface area contributed by atoms with Gasteiger partial charge in [0.25, 0.3) is 5.91 Å². The van der Waals surface area contributed by atoms with Crippen LogP contribution in [0.2, 0.25) is 0 Å². The molecule has 1 heterocycles. The molecule has 0 aliphatic carbocycles. The second-order valence-electron chi connectivity index (χ2n) is 3.06. The third-order valence-corrected chi connectivity index (χ3v) is 2.15. The molecule has 2 N–H and O–H groups in total. The van der Waals surface area contributed by atoms with E-state index in [9.17, 15) is 4.79 Å². The predicted octanol–water partition coefficient (Wildman–Crippen LogP) is 0.0181. The summed E-state index contributed by atoms with van der Waals surface area (Å²) >= 11 is 0. The van der Waals surface area contributed by atoms with E-state index in [0.717, 1.165) is 5.69 Å². The number of rotatable bonds is 4. The van der Waals surface area contributed by atoms with Crippen molar-refractivity contribution in [2.75, 3.05) is 25.6 Å². The van der Waals surface area contributed by atoms with E-state index in [4.69, 9.17) is 10.5 Å². The lowest BCUT2D eigenvalue weighted by Gasteiger charge is -2.21. The monoisotopic (exact) mass is 209 g/mol. The number of hydrogen-bond donors (Lipinski definition) is 1. The van der Waals surface area contributed by atoms with Gasteiger partial charge >= 0.3 is 0 Å². The third-order valence-electron chi connectivity index (χ3n) is 2.15. The lowest BCUT2D eigenvalue weighted by molar-refractivity contribution is -0.127. The first-order valence-electron chi connectivity index (χ1n) is 4.61. The zero-order valence-corrected chi connectivity index (χ0v) is 8.88. The SMILES string of the molecule is COC(CN)C(=O)N(C)c1ccncc1. The number of pyridine rings is 1. The van der Waals surface area contributed by atoms with Gasteiger partial charge in [-0.3, -0.25) is 9.78 Å². The van der Waals surface area contributed by atoms with Crippen LogP contribution in [-0.4, -0.2) is 37.7 Å². The van der Waals surface area contributed by atoms with Gasteiger partial charge in [-0.2, -0.15) is 0 Å². The zero-order valence-electron chi connectivity index (χ0n) is 8.88. The maximum atomic E-state index is 11.8.